The molecule has 0 aromatic carbocycles. The van der Waals surface area contributed by atoms with Crippen LogP contribution in [0, 0.1) is 5.92 Å². The molecule has 2 nitrogen and oxygen atoms in total. The molecular weight excluding hydrogens is 140 g/mol. The highest BCUT2D eigenvalue weighted by atomic mass is 16.3. The van der Waals surface area contributed by atoms with Gasteiger partial charge in [0.2, 0.25) is 0 Å². The molecule has 0 spiro atoms. The van der Waals surface area contributed by atoms with Crippen LogP contribution in [0.3, 0.4) is 0 Å². The fraction of sp³-hybridized carbons (Fsp3) is 0.778. The van der Waals surface area contributed by atoms with Gasteiger partial charge in [-0.2, -0.15) is 0 Å². The monoisotopic (exact) mass is 156 g/mol. The standard InChI is InChI=1S/C9H16O2/c1-7(6-10)8-2-4-9(11)5-3-8/h8-11H,1-6H2. The number of rotatable bonds is 2. The van der Waals surface area contributed by atoms with E-state index in [4.69, 9.17) is 5.11 Å². The van der Waals surface area contributed by atoms with Crippen LogP contribution < -0.4 is 0 Å². The Labute approximate surface area is 67.6 Å². The summed E-state index contributed by atoms with van der Waals surface area (Å²) in [6, 6.07) is 0. The zero-order chi connectivity index (χ0) is 8.27. The summed E-state index contributed by atoms with van der Waals surface area (Å²) in [5.74, 6) is 0.448. The van der Waals surface area contributed by atoms with Crippen LogP contribution in [-0.4, -0.2) is 22.9 Å². The second-order valence-corrected chi connectivity index (χ2v) is 3.32. The van der Waals surface area contributed by atoms with Crippen LogP contribution in [-0.2, 0) is 0 Å². The van der Waals surface area contributed by atoms with E-state index in [2.05, 4.69) is 6.58 Å². The van der Waals surface area contributed by atoms with E-state index in [1.54, 1.807) is 0 Å². The van der Waals surface area contributed by atoms with Crippen molar-refractivity contribution < 1.29 is 10.2 Å². The molecule has 0 atom stereocenters. The van der Waals surface area contributed by atoms with E-state index in [9.17, 15) is 5.11 Å². The van der Waals surface area contributed by atoms with Gasteiger partial charge in [0.15, 0.2) is 0 Å². The normalized spacial score (nSPS) is 31.8. The van der Waals surface area contributed by atoms with Crippen molar-refractivity contribution in [2.45, 2.75) is 31.8 Å². The van der Waals surface area contributed by atoms with Crippen molar-refractivity contribution in [1.29, 1.82) is 0 Å². The average Bonchev–Trinajstić information content (AvgIpc) is 2.05. The van der Waals surface area contributed by atoms with Crippen LogP contribution in [0.4, 0.5) is 0 Å². The lowest BCUT2D eigenvalue weighted by Gasteiger charge is -2.26. The maximum Gasteiger partial charge on any atom is 0.0641 e. The van der Waals surface area contributed by atoms with Crippen LogP contribution in [0.1, 0.15) is 25.7 Å². The largest absolute Gasteiger partial charge is 0.393 e. The van der Waals surface area contributed by atoms with Crippen LogP contribution in [0.25, 0.3) is 0 Å². The van der Waals surface area contributed by atoms with Gasteiger partial charge in [0.1, 0.15) is 0 Å². The number of hydrogen-bond donors (Lipinski definition) is 2. The molecule has 0 unspecified atom stereocenters. The number of hydrogen-bond acceptors (Lipinski definition) is 2. The molecule has 1 aliphatic carbocycles. The molecule has 2 heteroatoms. The van der Waals surface area contributed by atoms with E-state index < -0.39 is 0 Å². The molecule has 1 fully saturated rings. The van der Waals surface area contributed by atoms with Crippen LogP contribution in [0.2, 0.25) is 0 Å². The Bertz CT molecular complexity index is 134. The molecule has 1 saturated carbocycles. The number of aliphatic hydroxyl groups is 2. The molecule has 0 radical (unpaired) electrons. The Kier molecular flexibility index (Phi) is 3.09. The van der Waals surface area contributed by atoms with E-state index in [0.717, 1.165) is 31.3 Å². The van der Waals surface area contributed by atoms with Crippen molar-refractivity contribution in [3.8, 4) is 0 Å². The van der Waals surface area contributed by atoms with Gasteiger partial charge in [-0.15, -0.1) is 0 Å². The van der Waals surface area contributed by atoms with Crippen LogP contribution in [0.5, 0.6) is 0 Å². The molecular formula is C9H16O2. The summed E-state index contributed by atoms with van der Waals surface area (Å²) in [7, 11) is 0. The van der Waals surface area contributed by atoms with Gasteiger partial charge in [-0.3, -0.25) is 0 Å². The zero-order valence-corrected chi connectivity index (χ0v) is 6.79. The highest BCUT2D eigenvalue weighted by Gasteiger charge is 2.20. The summed E-state index contributed by atoms with van der Waals surface area (Å²) in [4.78, 5) is 0. The zero-order valence-electron chi connectivity index (χ0n) is 6.79. The molecule has 1 rings (SSSR count). The first kappa shape index (κ1) is 8.75. The van der Waals surface area contributed by atoms with E-state index in [-0.39, 0.29) is 12.7 Å². The molecule has 2 N–H and O–H groups in total. The van der Waals surface area contributed by atoms with E-state index in [1.165, 1.54) is 0 Å². The molecule has 0 aromatic heterocycles. The van der Waals surface area contributed by atoms with E-state index >= 15 is 0 Å². The van der Waals surface area contributed by atoms with Crippen molar-refractivity contribution >= 4 is 0 Å². The Morgan fingerprint density at radius 1 is 1.27 bits per heavy atom. The Balaban J connectivity index is 2.33. The lowest BCUT2D eigenvalue weighted by atomic mass is 9.83. The smallest absolute Gasteiger partial charge is 0.0641 e. The summed E-state index contributed by atoms with van der Waals surface area (Å²) in [6.45, 7) is 3.89. The van der Waals surface area contributed by atoms with Gasteiger partial charge < -0.3 is 10.2 Å². The van der Waals surface area contributed by atoms with Gasteiger partial charge in [-0.1, -0.05) is 6.58 Å². The summed E-state index contributed by atoms with van der Waals surface area (Å²) in [5.41, 5.74) is 0.928. The van der Waals surface area contributed by atoms with E-state index in [0.29, 0.717) is 5.92 Å². The lowest BCUT2D eigenvalue weighted by molar-refractivity contribution is 0.113. The fourth-order valence-electron chi connectivity index (χ4n) is 1.61. The van der Waals surface area contributed by atoms with E-state index in [1.807, 2.05) is 0 Å². The first-order chi connectivity index (χ1) is 5.24. The molecule has 0 heterocycles. The molecule has 0 amide bonds. The molecule has 0 bridgehead atoms. The molecule has 1 aliphatic rings. The van der Waals surface area contributed by atoms with Crippen molar-refractivity contribution in [2.24, 2.45) is 5.92 Å². The SMILES string of the molecule is C=C(CO)C1CCC(O)CC1. The second kappa shape index (κ2) is 3.88. The quantitative estimate of drug-likeness (QED) is 0.587. The molecule has 64 valence electrons. The summed E-state index contributed by atoms with van der Waals surface area (Å²) in [5, 5.41) is 18.0. The van der Waals surface area contributed by atoms with Crippen molar-refractivity contribution in [3.05, 3.63) is 12.2 Å². The van der Waals surface area contributed by atoms with Crippen molar-refractivity contribution in [2.75, 3.05) is 6.61 Å². The maximum absolute atomic E-state index is 9.19. The summed E-state index contributed by atoms with van der Waals surface area (Å²) < 4.78 is 0. The minimum Gasteiger partial charge on any atom is -0.393 e. The molecule has 11 heavy (non-hydrogen) atoms. The summed E-state index contributed by atoms with van der Waals surface area (Å²) >= 11 is 0. The third kappa shape index (κ3) is 2.31. The third-order valence-corrected chi connectivity index (χ3v) is 2.48. The molecule has 0 aliphatic heterocycles. The second-order valence-electron chi connectivity index (χ2n) is 3.32. The van der Waals surface area contributed by atoms with Gasteiger partial charge in [-0.05, 0) is 37.2 Å². The third-order valence-electron chi connectivity index (χ3n) is 2.48. The minimum absolute atomic E-state index is 0.0980. The Morgan fingerprint density at radius 2 is 1.82 bits per heavy atom. The van der Waals surface area contributed by atoms with Crippen molar-refractivity contribution in [3.63, 3.8) is 0 Å². The first-order valence-corrected chi connectivity index (χ1v) is 4.20. The van der Waals surface area contributed by atoms with Crippen LogP contribution in [0.15, 0.2) is 12.2 Å². The predicted octanol–water partition coefficient (Wildman–Crippen LogP) is 1.09. The topological polar surface area (TPSA) is 40.5 Å². The summed E-state index contributed by atoms with van der Waals surface area (Å²) in [6.07, 6.45) is 3.59. The molecule has 0 saturated heterocycles. The fourth-order valence-corrected chi connectivity index (χ4v) is 1.61. The van der Waals surface area contributed by atoms with Gasteiger partial charge in [0, 0.05) is 0 Å². The molecule has 0 aromatic rings. The Morgan fingerprint density at radius 3 is 2.27 bits per heavy atom. The highest BCUT2D eigenvalue weighted by molar-refractivity contribution is 5.01. The lowest BCUT2D eigenvalue weighted by Crippen LogP contribution is -2.20. The Hall–Kier alpha value is -0.340. The minimum atomic E-state index is -0.113. The van der Waals surface area contributed by atoms with Gasteiger partial charge in [0.25, 0.3) is 0 Å². The first-order valence-electron chi connectivity index (χ1n) is 4.20. The number of aliphatic hydroxyl groups excluding tert-OH is 2. The van der Waals surface area contributed by atoms with Crippen molar-refractivity contribution in [1.82, 2.24) is 0 Å². The van der Waals surface area contributed by atoms with Gasteiger partial charge in [-0.25, -0.2) is 0 Å². The van der Waals surface area contributed by atoms with Gasteiger partial charge in [0.05, 0.1) is 12.7 Å². The van der Waals surface area contributed by atoms with Crippen LogP contribution >= 0.6 is 0 Å². The maximum atomic E-state index is 9.19. The van der Waals surface area contributed by atoms with Gasteiger partial charge >= 0.3 is 0 Å². The predicted molar refractivity (Wildman–Crippen MR) is 44.2 cm³/mol. The highest BCUT2D eigenvalue weighted by Crippen LogP contribution is 2.28. The average molecular weight is 156 g/mol.